The van der Waals surface area contributed by atoms with Crippen molar-refractivity contribution in [1.82, 2.24) is 15.0 Å². The van der Waals surface area contributed by atoms with Crippen LogP contribution in [0.15, 0.2) is 4.52 Å². The second-order valence-corrected chi connectivity index (χ2v) is 7.04. The van der Waals surface area contributed by atoms with Gasteiger partial charge in [0, 0.05) is 31.8 Å². The molecule has 0 radical (unpaired) electrons. The number of amides is 1. The Morgan fingerprint density at radius 1 is 1.39 bits per heavy atom. The molecular formula is C16H23N3O4. The number of hydrogen-bond donors (Lipinski definition) is 1. The lowest BCUT2D eigenvalue weighted by molar-refractivity contribution is -0.139. The first-order valence-corrected chi connectivity index (χ1v) is 8.24. The minimum Gasteiger partial charge on any atom is -0.481 e. The summed E-state index contributed by atoms with van der Waals surface area (Å²) in [5.74, 6) is 0.568. The number of hydrogen-bond acceptors (Lipinski definition) is 5. The molecule has 23 heavy (non-hydrogen) atoms. The number of piperidine rings is 1. The number of aliphatic carboxylic acids is 1. The SMILES string of the molecule is CC(C)c1noc(CCC(=O)N2CCC3(CC2)CC3C(=O)O)n1. The van der Waals surface area contributed by atoms with Gasteiger partial charge in [0.25, 0.3) is 0 Å². The Morgan fingerprint density at radius 3 is 2.61 bits per heavy atom. The van der Waals surface area contributed by atoms with E-state index in [0.717, 1.165) is 19.3 Å². The largest absolute Gasteiger partial charge is 0.481 e. The molecule has 2 fully saturated rings. The smallest absolute Gasteiger partial charge is 0.307 e. The molecule has 1 saturated carbocycles. The molecular weight excluding hydrogens is 298 g/mol. The summed E-state index contributed by atoms with van der Waals surface area (Å²) in [5, 5.41) is 13.0. The second kappa shape index (κ2) is 5.94. The van der Waals surface area contributed by atoms with Crippen LogP contribution in [0.3, 0.4) is 0 Å². The molecule has 1 atom stereocenters. The van der Waals surface area contributed by atoms with Crippen LogP contribution < -0.4 is 0 Å². The Labute approximate surface area is 135 Å². The number of aromatic nitrogens is 2. The number of carbonyl (C=O) groups is 2. The van der Waals surface area contributed by atoms with E-state index in [-0.39, 0.29) is 23.2 Å². The Kier molecular flexibility index (Phi) is 4.12. The van der Waals surface area contributed by atoms with Crippen molar-refractivity contribution in [3.8, 4) is 0 Å². The molecule has 1 amide bonds. The Morgan fingerprint density at radius 2 is 2.09 bits per heavy atom. The van der Waals surface area contributed by atoms with E-state index >= 15 is 0 Å². The molecule has 1 aliphatic carbocycles. The maximum atomic E-state index is 12.3. The summed E-state index contributed by atoms with van der Waals surface area (Å²) in [6, 6.07) is 0. The molecule has 7 nitrogen and oxygen atoms in total. The summed E-state index contributed by atoms with van der Waals surface area (Å²) < 4.78 is 5.15. The van der Waals surface area contributed by atoms with Crippen molar-refractivity contribution in [2.45, 2.75) is 51.9 Å². The summed E-state index contributed by atoms with van der Waals surface area (Å²) in [7, 11) is 0. The van der Waals surface area contributed by atoms with Crippen molar-refractivity contribution in [3.63, 3.8) is 0 Å². The molecule has 3 rings (SSSR count). The standard InChI is InChI=1S/C16H23N3O4/c1-10(2)14-17-12(23-18-14)3-4-13(20)19-7-5-16(6-8-19)9-11(16)15(21)22/h10-11H,3-9H2,1-2H3,(H,21,22). The molecule has 1 spiro atoms. The molecule has 1 aromatic heterocycles. The van der Waals surface area contributed by atoms with Crippen LogP contribution in [0, 0.1) is 11.3 Å². The van der Waals surface area contributed by atoms with Crippen molar-refractivity contribution in [3.05, 3.63) is 11.7 Å². The van der Waals surface area contributed by atoms with Gasteiger partial charge in [-0.1, -0.05) is 19.0 Å². The Bertz CT molecular complexity index is 602. The number of aryl methyl sites for hydroxylation is 1. The molecule has 0 aromatic carbocycles. The van der Waals surface area contributed by atoms with Gasteiger partial charge in [0.2, 0.25) is 11.8 Å². The van der Waals surface area contributed by atoms with Crippen molar-refractivity contribution < 1.29 is 19.2 Å². The van der Waals surface area contributed by atoms with Gasteiger partial charge in [-0.15, -0.1) is 0 Å². The van der Waals surface area contributed by atoms with Crippen LogP contribution in [-0.2, 0) is 16.0 Å². The molecule has 1 aliphatic heterocycles. The van der Waals surface area contributed by atoms with Crippen molar-refractivity contribution in [2.24, 2.45) is 11.3 Å². The summed E-state index contributed by atoms with van der Waals surface area (Å²) in [6.45, 7) is 5.30. The molecule has 0 bridgehead atoms. The van der Waals surface area contributed by atoms with Crippen LogP contribution >= 0.6 is 0 Å². The first-order valence-electron chi connectivity index (χ1n) is 8.24. The van der Waals surface area contributed by atoms with Crippen molar-refractivity contribution in [1.29, 1.82) is 0 Å². The molecule has 1 aromatic rings. The van der Waals surface area contributed by atoms with E-state index in [4.69, 9.17) is 9.63 Å². The normalized spacial score (nSPS) is 22.6. The Balaban J connectivity index is 1.45. The maximum Gasteiger partial charge on any atom is 0.307 e. The van der Waals surface area contributed by atoms with Crippen LogP contribution in [-0.4, -0.2) is 45.1 Å². The van der Waals surface area contributed by atoms with Gasteiger partial charge in [-0.05, 0) is 24.7 Å². The molecule has 1 unspecified atom stereocenters. The lowest BCUT2D eigenvalue weighted by Gasteiger charge is -2.32. The third-order valence-corrected chi connectivity index (χ3v) is 5.15. The lowest BCUT2D eigenvalue weighted by atomic mass is 9.90. The summed E-state index contributed by atoms with van der Waals surface area (Å²) >= 11 is 0. The van der Waals surface area contributed by atoms with Gasteiger partial charge in [0.15, 0.2) is 5.82 Å². The van der Waals surface area contributed by atoms with E-state index < -0.39 is 5.97 Å². The summed E-state index contributed by atoms with van der Waals surface area (Å²) in [6.07, 6.45) is 3.18. The number of likely N-dealkylation sites (tertiary alicyclic amines) is 1. The average Bonchev–Trinajstić information content (AvgIpc) is 3.01. The number of rotatable bonds is 5. The lowest BCUT2D eigenvalue weighted by Crippen LogP contribution is -2.40. The van der Waals surface area contributed by atoms with E-state index in [1.54, 1.807) is 0 Å². The van der Waals surface area contributed by atoms with Gasteiger partial charge in [0.05, 0.1) is 5.92 Å². The zero-order valence-electron chi connectivity index (χ0n) is 13.6. The molecule has 126 valence electrons. The maximum absolute atomic E-state index is 12.3. The highest BCUT2D eigenvalue weighted by Crippen LogP contribution is 2.59. The van der Waals surface area contributed by atoms with E-state index in [1.807, 2.05) is 18.7 Å². The molecule has 2 heterocycles. The van der Waals surface area contributed by atoms with Crippen LogP contribution in [0.4, 0.5) is 0 Å². The highest BCUT2D eigenvalue weighted by molar-refractivity contribution is 5.77. The fourth-order valence-corrected chi connectivity index (χ4v) is 3.43. The second-order valence-electron chi connectivity index (χ2n) is 7.04. The van der Waals surface area contributed by atoms with E-state index in [0.29, 0.717) is 37.6 Å². The molecule has 7 heteroatoms. The average molecular weight is 321 g/mol. The van der Waals surface area contributed by atoms with Gasteiger partial charge in [-0.3, -0.25) is 9.59 Å². The summed E-state index contributed by atoms with van der Waals surface area (Å²) in [5.41, 5.74) is -0.0404. The predicted molar refractivity (Wildman–Crippen MR) is 80.7 cm³/mol. The zero-order chi connectivity index (χ0) is 16.6. The minimum atomic E-state index is -0.692. The predicted octanol–water partition coefficient (Wildman–Crippen LogP) is 1.84. The quantitative estimate of drug-likeness (QED) is 0.889. The van der Waals surface area contributed by atoms with Crippen molar-refractivity contribution >= 4 is 11.9 Å². The highest BCUT2D eigenvalue weighted by Gasteiger charge is 2.59. The summed E-state index contributed by atoms with van der Waals surface area (Å²) in [4.78, 5) is 29.4. The van der Waals surface area contributed by atoms with Crippen LogP contribution in [0.25, 0.3) is 0 Å². The minimum absolute atomic E-state index is 0.0404. The fourth-order valence-electron chi connectivity index (χ4n) is 3.43. The van der Waals surface area contributed by atoms with Gasteiger partial charge >= 0.3 is 5.97 Å². The Hall–Kier alpha value is -1.92. The first kappa shape index (κ1) is 16.0. The highest BCUT2D eigenvalue weighted by atomic mass is 16.5. The van der Waals surface area contributed by atoms with Crippen LogP contribution in [0.2, 0.25) is 0 Å². The monoisotopic (exact) mass is 321 g/mol. The topological polar surface area (TPSA) is 96.5 Å². The third-order valence-electron chi connectivity index (χ3n) is 5.15. The van der Waals surface area contributed by atoms with Crippen LogP contribution in [0.5, 0.6) is 0 Å². The van der Waals surface area contributed by atoms with Gasteiger partial charge < -0.3 is 14.5 Å². The van der Waals surface area contributed by atoms with Crippen LogP contribution in [0.1, 0.15) is 57.2 Å². The van der Waals surface area contributed by atoms with E-state index in [2.05, 4.69) is 10.1 Å². The van der Waals surface area contributed by atoms with Crippen molar-refractivity contribution in [2.75, 3.05) is 13.1 Å². The fraction of sp³-hybridized carbons (Fsp3) is 0.750. The number of carboxylic acids is 1. The van der Waals surface area contributed by atoms with E-state index in [9.17, 15) is 9.59 Å². The third kappa shape index (κ3) is 3.23. The molecule has 1 N–H and O–H groups in total. The van der Waals surface area contributed by atoms with Gasteiger partial charge in [-0.2, -0.15) is 4.98 Å². The zero-order valence-corrected chi connectivity index (χ0v) is 13.6. The van der Waals surface area contributed by atoms with Gasteiger partial charge in [0.1, 0.15) is 0 Å². The first-order chi connectivity index (χ1) is 10.9. The number of nitrogens with zero attached hydrogens (tertiary/aromatic N) is 3. The number of carboxylic acid groups (broad SMARTS) is 1. The molecule has 2 aliphatic rings. The van der Waals surface area contributed by atoms with Gasteiger partial charge in [-0.25, -0.2) is 0 Å². The number of carbonyl (C=O) groups excluding carboxylic acids is 1. The van der Waals surface area contributed by atoms with E-state index in [1.165, 1.54) is 0 Å². The molecule has 1 saturated heterocycles.